The molecule has 0 unspecified atom stereocenters. The Hall–Kier alpha value is 1.73. The van der Waals surface area contributed by atoms with Crippen molar-refractivity contribution in [3.8, 4) is 0 Å². The van der Waals surface area contributed by atoms with Crippen molar-refractivity contribution in [3.63, 3.8) is 0 Å². The van der Waals surface area contributed by atoms with Crippen molar-refractivity contribution >= 4 is 46.1 Å². The molecule has 0 aliphatic carbocycles. The minimum absolute atomic E-state index is 0.110. The second-order valence-corrected chi connectivity index (χ2v) is 29.7. The van der Waals surface area contributed by atoms with Gasteiger partial charge in [-0.15, -0.1) is 7.68 Å². The molecular formula is C8H25InPSi2. The topological polar surface area (TPSA) is 0 Å². The molecule has 12 heavy (non-hydrogen) atoms. The van der Waals surface area contributed by atoms with E-state index in [1.165, 1.54) is 7.68 Å². The van der Waals surface area contributed by atoms with Gasteiger partial charge in [-0.1, -0.05) is 39.3 Å². The first kappa shape index (κ1) is 16.2. The minimum atomic E-state index is -0.703. The van der Waals surface area contributed by atoms with Crippen molar-refractivity contribution in [1.29, 1.82) is 0 Å². The maximum absolute atomic E-state index is 2.48. The van der Waals surface area contributed by atoms with E-state index >= 15 is 0 Å². The maximum atomic E-state index is 2.48. The zero-order valence-electron chi connectivity index (χ0n) is 10.1. The van der Waals surface area contributed by atoms with E-state index in [1.54, 1.807) is 0 Å². The van der Waals surface area contributed by atoms with Gasteiger partial charge < -0.3 is 0 Å². The molecule has 0 bridgehead atoms. The molecule has 0 nitrogen and oxygen atoms in total. The molecule has 0 aromatic heterocycles. The van der Waals surface area contributed by atoms with Crippen LogP contribution in [0.1, 0.15) is 0 Å². The van der Waals surface area contributed by atoms with Gasteiger partial charge in [-0.2, -0.15) is 0 Å². The van der Waals surface area contributed by atoms with Crippen LogP contribution in [-0.2, 0) is 0 Å². The van der Waals surface area contributed by atoms with Gasteiger partial charge in [0.05, 0.1) is 15.5 Å². The third-order valence-corrected chi connectivity index (χ3v) is 20.2. The molecule has 0 heterocycles. The van der Waals surface area contributed by atoms with Crippen molar-refractivity contribution in [2.24, 2.45) is 0 Å². The van der Waals surface area contributed by atoms with Gasteiger partial charge in [0.25, 0.3) is 0 Å². The molecule has 73 valence electrons. The predicted molar refractivity (Wildman–Crippen MR) is 72.5 cm³/mol. The Morgan fingerprint density at radius 3 is 0.917 bits per heavy atom. The van der Waals surface area contributed by atoms with E-state index in [0.717, 1.165) is 0 Å². The van der Waals surface area contributed by atoms with E-state index in [0.29, 0.717) is 0 Å². The Kier molecular flexibility index (Phi) is 9.55. The summed E-state index contributed by atoms with van der Waals surface area (Å²) in [7, 11) is -0.0775. The first-order chi connectivity index (χ1) is 5.12. The van der Waals surface area contributed by atoms with E-state index < -0.39 is 15.5 Å². The zero-order valence-corrected chi connectivity index (χ0v) is 16.4. The first-order valence-electron chi connectivity index (χ1n) is 4.65. The van der Waals surface area contributed by atoms with Crippen LogP contribution in [0, 0.1) is 0 Å². The van der Waals surface area contributed by atoms with Crippen molar-refractivity contribution < 1.29 is 0 Å². The third kappa shape index (κ3) is 22.6. The van der Waals surface area contributed by atoms with Crippen LogP contribution in [0.3, 0.4) is 0 Å². The van der Waals surface area contributed by atoms with Crippen LogP contribution in [-0.4, -0.2) is 38.4 Å². The van der Waals surface area contributed by atoms with Gasteiger partial charge in [0.15, 0.2) is 0 Å². The van der Waals surface area contributed by atoms with E-state index in [1.807, 2.05) is 0 Å². The molecule has 0 amide bonds. The summed E-state index contributed by atoms with van der Waals surface area (Å²) in [5.74, 6) is 0. The van der Waals surface area contributed by atoms with Crippen LogP contribution >= 0.6 is 7.68 Å². The number of hydrogen-bond acceptors (Lipinski definition) is 0. The Morgan fingerprint density at radius 2 is 0.917 bits per heavy atom. The van der Waals surface area contributed by atoms with Gasteiger partial charge >= 0.3 is 32.3 Å². The number of hydrogen-bond donors (Lipinski definition) is 0. The molecule has 0 aliphatic heterocycles. The summed E-state index contributed by atoms with van der Waals surface area (Å²) in [5, 5.41) is 0. The molecule has 0 N–H and O–H groups in total. The molecule has 1 radical (unpaired) electrons. The van der Waals surface area contributed by atoms with E-state index in [-0.39, 0.29) is 22.9 Å². The Balaban J connectivity index is 0. The van der Waals surface area contributed by atoms with E-state index in [9.17, 15) is 0 Å². The molecule has 0 aromatic rings. The third-order valence-electron chi connectivity index (χ3n) is 0.750. The fraction of sp³-hybridized carbons (Fsp3) is 1.00. The molecular weight excluding hydrogens is 298 g/mol. The van der Waals surface area contributed by atoms with E-state index in [2.05, 4.69) is 48.6 Å². The Labute approximate surface area is 94.2 Å². The molecule has 0 aromatic carbocycles. The quantitative estimate of drug-likeness (QED) is 0.530. The van der Waals surface area contributed by atoms with Gasteiger partial charge in [-0.25, -0.2) is 0 Å². The van der Waals surface area contributed by atoms with Crippen molar-refractivity contribution in [2.75, 3.05) is 0 Å². The molecule has 0 atom stereocenters. The fourth-order valence-electron chi connectivity index (χ4n) is 1.12. The summed E-state index contributed by atoms with van der Waals surface area (Å²) in [6, 6.07) is 0. The second kappa shape index (κ2) is 7.08. The van der Waals surface area contributed by atoms with Crippen molar-refractivity contribution in [3.05, 3.63) is 0 Å². The van der Waals surface area contributed by atoms with Gasteiger partial charge in [-0.05, 0) is 0 Å². The summed E-state index contributed by atoms with van der Waals surface area (Å²) in [5.41, 5.74) is 0. The van der Waals surface area contributed by atoms with Crippen LogP contribution in [0.2, 0.25) is 48.6 Å². The van der Waals surface area contributed by atoms with E-state index in [4.69, 9.17) is 0 Å². The van der Waals surface area contributed by atoms with Crippen LogP contribution in [0.5, 0.6) is 0 Å². The summed E-state index contributed by atoms with van der Waals surface area (Å²) in [6.45, 7) is 14.9. The zero-order chi connectivity index (χ0) is 10.4. The molecule has 0 spiro atoms. The molecule has 0 aliphatic rings. The molecule has 0 saturated carbocycles. The van der Waals surface area contributed by atoms with Crippen LogP contribution in [0.15, 0.2) is 0 Å². The average molecular weight is 323 g/mol. The monoisotopic (exact) mass is 323 g/mol. The molecule has 4 heteroatoms. The summed E-state index contributed by atoms with van der Waals surface area (Å²) in [4.78, 5) is 0. The summed E-state index contributed by atoms with van der Waals surface area (Å²) in [6.07, 6.45) is 0. The van der Waals surface area contributed by atoms with Crippen LogP contribution in [0.25, 0.3) is 0 Å². The van der Waals surface area contributed by atoms with Gasteiger partial charge in [0.1, 0.15) is 0 Å². The molecule has 0 rings (SSSR count). The first-order valence-corrected chi connectivity index (χ1v) is 21.2. The fourth-order valence-corrected chi connectivity index (χ4v) is 30.4. The van der Waals surface area contributed by atoms with Crippen molar-refractivity contribution in [1.82, 2.24) is 0 Å². The second-order valence-electron chi connectivity index (χ2n) is 5.20. The number of rotatable bonds is 2. The van der Waals surface area contributed by atoms with Crippen molar-refractivity contribution in [2.45, 2.75) is 48.6 Å². The van der Waals surface area contributed by atoms with Crippen LogP contribution < -0.4 is 0 Å². The molecule has 0 saturated heterocycles. The Morgan fingerprint density at radius 1 is 0.750 bits per heavy atom. The Bertz CT molecular complexity index is 92.6. The normalized spacial score (nSPS) is 11.7. The van der Waals surface area contributed by atoms with Gasteiger partial charge in [0, 0.05) is 0 Å². The van der Waals surface area contributed by atoms with Gasteiger partial charge in [0.2, 0.25) is 0 Å². The van der Waals surface area contributed by atoms with Crippen LogP contribution in [0.4, 0.5) is 0 Å². The van der Waals surface area contributed by atoms with Gasteiger partial charge in [-0.3, -0.25) is 0 Å². The summed E-state index contributed by atoms with van der Waals surface area (Å²) < 4.78 is 4.63. The standard InChI is InChI=1S/C6H19PSi2.2CH3.In/c1-8(2,3)7-9(4,5)6;;;/h7H,1-6H3;2*1H3;. The summed E-state index contributed by atoms with van der Waals surface area (Å²) >= 11 is 0.110. The molecule has 0 fully saturated rings. The predicted octanol–water partition coefficient (Wildman–Crippen LogP) is 4.12. The SMILES string of the molecule is C[Si](C)(C)P[Si](C)(C)C.[CH3][In][CH3]. The average Bonchev–Trinajstić information content (AvgIpc) is 1.53.